The predicted octanol–water partition coefficient (Wildman–Crippen LogP) is 1.91. The average Bonchev–Trinajstić information content (AvgIpc) is 2.76. The third-order valence-corrected chi connectivity index (χ3v) is 4.01. The van der Waals surface area contributed by atoms with Crippen LogP contribution in [0.4, 0.5) is 0 Å². The van der Waals surface area contributed by atoms with E-state index in [0.717, 1.165) is 50.3 Å². The first kappa shape index (κ1) is 11.5. The molecule has 0 atom stereocenters. The number of alkyl halides is 1. The molecule has 5 heteroatoms. The van der Waals surface area contributed by atoms with Crippen LogP contribution in [0.5, 0.6) is 0 Å². The molecule has 0 unspecified atom stereocenters. The smallest absolute Gasteiger partial charge is 0.0941 e. The van der Waals surface area contributed by atoms with Crippen molar-refractivity contribution in [3.63, 3.8) is 0 Å². The lowest BCUT2D eigenvalue weighted by Crippen LogP contribution is -2.37. The molecule has 1 aliphatic heterocycles. The Morgan fingerprint density at radius 2 is 2.27 bits per heavy atom. The molecule has 0 aromatic carbocycles. The maximum Gasteiger partial charge on any atom is 0.0941 e. The lowest BCUT2D eigenvalue weighted by atomic mass is 10.3. The number of rotatable bonds is 4. The van der Waals surface area contributed by atoms with Crippen molar-refractivity contribution in [2.75, 3.05) is 32.8 Å². The zero-order valence-corrected chi connectivity index (χ0v) is 11.0. The second-order valence-electron chi connectivity index (χ2n) is 3.57. The summed E-state index contributed by atoms with van der Waals surface area (Å²) in [5, 5.41) is 4.24. The van der Waals surface area contributed by atoms with E-state index in [-0.39, 0.29) is 0 Å². The lowest BCUT2D eigenvalue weighted by Gasteiger charge is -2.25. The van der Waals surface area contributed by atoms with E-state index >= 15 is 0 Å². The molecule has 84 valence electrons. The summed E-state index contributed by atoms with van der Waals surface area (Å²) in [5.74, 6) is 0. The van der Waals surface area contributed by atoms with E-state index in [9.17, 15) is 0 Å². The van der Waals surface area contributed by atoms with Crippen LogP contribution in [0, 0.1) is 0 Å². The van der Waals surface area contributed by atoms with Crippen LogP contribution >= 0.6 is 27.3 Å². The molecule has 1 fully saturated rings. The molecule has 0 bridgehead atoms. The van der Waals surface area contributed by atoms with Crippen molar-refractivity contribution in [3.05, 3.63) is 16.1 Å². The molecule has 2 heterocycles. The number of nitrogens with zero attached hydrogens (tertiary/aromatic N) is 2. The van der Waals surface area contributed by atoms with Crippen LogP contribution < -0.4 is 0 Å². The Labute approximate surface area is 103 Å². The fourth-order valence-corrected chi connectivity index (χ4v) is 2.89. The van der Waals surface area contributed by atoms with E-state index in [2.05, 4.69) is 31.2 Å². The maximum atomic E-state index is 5.31. The number of hydrogen-bond donors (Lipinski definition) is 0. The largest absolute Gasteiger partial charge is 0.379 e. The van der Waals surface area contributed by atoms with Gasteiger partial charge in [-0.1, -0.05) is 15.9 Å². The highest BCUT2D eigenvalue weighted by Crippen LogP contribution is 2.13. The zero-order valence-electron chi connectivity index (χ0n) is 8.62. The highest BCUT2D eigenvalue weighted by Gasteiger charge is 2.10. The van der Waals surface area contributed by atoms with Gasteiger partial charge in [-0.3, -0.25) is 4.90 Å². The van der Waals surface area contributed by atoms with Gasteiger partial charge in [-0.05, 0) is 0 Å². The summed E-state index contributed by atoms with van der Waals surface area (Å²) in [7, 11) is 0. The van der Waals surface area contributed by atoms with E-state index in [1.54, 1.807) is 11.3 Å². The summed E-state index contributed by atoms with van der Waals surface area (Å²) in [6, 6.07) is 0. The Hall–Kier alpha value is 0.0300. The molecule has 0 amide bonds. The quantitative estimate of drug-likeness (QED) is 0.792. The fourth-order valence-electron chi connectivity index (χ4n) is 1.60. The average molecular weight is 291 g/mol. The number of morpholine rings is 1. The van der Waals surface area contributed by atoms with Gasteiger partial charge in [-0.15, -0.1) is 11.3 Å². The van der Waals surface area contributed by atoms with Crippen LogP contribution in [-0.4, -0.2) is 42.7 Å². The molecular weight excluding hydrogens is 276 g/mol. The summed E-state index contributed by atoms with van der Waals surface area (Å²) < 4.78 is 5.31. The van der Waals surface area contributed by atoms with Crippen LogP contribution in [0.1, 0.15) is 10.7 Å². The number of ether oxygens (including phenoxy) is 1. The molecule has 1 saturated heterocycles. The Bertz CT molecular complexity index is 299. The van der Waals surface area contributed by atoms with E-state index in [1.807, 2.05) is 0 Å². The summed E-state index contributed by atoms with van der Waals surface area (Å²) in [6.07, 6.45) is 1.07. The van der Waals surface area contributed by atoms with Crippen molar-refractivity contribution in [1.29, 1.82) is 0 Å². The van der Waals surface area contributed by atoms with Crippen molar-refractivity contribution in [1.82, 2.24) is 9.88 Å². The summed E-state index contributed by atoms with van der Waals surface area (Å²) >= 11 is 5.18. The van der Waals surface area contributed by atoms with Gasteiger partial charge in [0.15, 0.2) is 0 Å². The molecule has 1 aliphatic rings. The Balaban J connectivity index is 1.76. The van der Waals surface area contributed by atoms with Gasteiger partial charge in [0.2, 0.25) is 0 Å². The third kappa shape index (κ3) is 3.52. The Morgan fingerprint density at radius 3 is 2.93 bits per heavy atom. The standard InChI is InChI=1S/C10H15BrN2OS/c11-7-9-8-15-10(12-9)1-2-13-3-5-14-6-4-13/h8H,1-7H2. The molecule has 0 aliphatic carbocycles. The van der Waals surface area contributed by atoms with Crippen molar-refractivity contribution in [2.24, 2.45) is 0 Å². The molecule has 0 spiro atoms. The first-order chi connectivity index (χ1) is 7.38. The van der Waals surface area contributed by atoms with Gasteiger partial charge in [0.25, 0.3) is 0 Å². The molecule has 1 aromatic heterocycles. The SMILES string of the molecule is BrCc1csc(CCN2CCOCC2)n1. The van der Waals surface area contributed by atoms with Crippen LogP contribution in [0.15, 0.2) is 5.38 Å². The van der Waals surface area contributed by atoms with Gasteiger partial charge in [-0.2, -0.15) is 0 Å². The summed E-state index contributed by atoms with van der Waals surface area (Å²) in [6.45, 7) is 5.00. The first-order valence-corrected chi connectivity index (χ1v) is 7.18. The van der Waals surface area contributed by atoms with Crippen LogP contribution in [0.3, 0.4) is 0 Å². The summed E-state index contributed by atoms with van der Waals surface area (Å²) in [5.41, 5.74) is 1.15. The van der Waals surface area contributed by atoms with Gasteiger partial charge in [0, 0.05) is 36.8 Å². The highest BCUT2D eigenvalue weighted by molar-refractivity contribution is 9.08. The number of aromatic nitrogens is 1. The third-order valence-electron chi connectivity index (χ3n) is 2.48. The molecule has 0 radical (unpaired) electrons. The van der Waals surface area contributed by atoms with Crippen LogP contribution in [0.25, 0.3) is 0 Å². The van der Waals surface area contributed by atoms with Crippen molar-refractivity contribution < 1.29 is 4.74 Å². The van der Waals surface area contributed by atoms with Crippen molar-refractivity contribution >= 4 is 27.3 Å². The molecule has 0 N–H and O–H groups in total. The monoisotopic (exact) mass is 290 g/mol. The number of hydrogen-bond acceptors (Lipinski definition) is 4. The summed E-state index contributed by atoms with van der Waals surface area (Å²) in [4.78, 5) is 6.97. The maximum absolute atomic E-state index is 5.31. The van der Waals surface area contributed by atoms with E-state index in [1.165, 1.54) is 5.01 Å². The van der Waals surface area contributed by atoms with E-state index in [0.29, 0.717) is 0 Å². The van der Waals surface area contributed by atoms with Crippen molar-refractivity contribution in [2.45, 2.75) is 11.8 Å². The minimum absolute atomic E-state index is 0.862. The number of halogens is 1. The molecule has 15 heavy (non-hydrogen) atoms. The van der Waals surface area contributed by atoms with Gasteiger partial charge in [0.1, 0.15) is 0 Å². The molecule has 0 saturated carbocycles. The van der Waals surface area contributed by atoms with Gasteiger partial charge in [0.05, 0.1) is 23.9 Å². The zero-order chi connectivity index (χ0) is 10.5. The Morgan fingerprint density at radius 1 is 1.47 bits per heavy atom. The Kier molecular flexibility index (Phi) is 4.56. The van der Waals surface area contributed by atoms with Gasteiger partial charge >= 0.3 is 0 Å². The fraction of sp³-hybridized carbons (Fsp3) is 0.700. The lowest BCUT2D eigenvalue weighted by molar-refractivity contribution is 0.0384. The van der Waals surface area contributed by atoms with Crippen molar-refractivity contribution in [3.8, 4) is 0 Å². The second kappa shape index (κ2) is 5.94. The van der Waals surface area contributed by atoms with E-state index < -0.39 is 0 Å². The number of thiazole rings is 1. The van der Waals surface area contributed by atoms with Crippen LogP contribution in [0.2, 0.25) is 0 Å². The minimum Gasteiger partial charge on any atom is -0.379 e. The molecule has 2 rings (SSSR count). The van der Waals surface area contributed by atoms with E-state index in [4.69, 9.17) is 4.74 Å². The highest BCUT2D eigenvalue weighted by atomic mass is 79.9. The molecular formula is C10H15BrN2OS. The second-order valence-corrected chi connectivity index (χ2v) is 5.07. The minimum atomic E-state index is 0.862. The van der Waals surface area contributed by atoms with Gasteiger partial charge in [-0.25, -0.2) is 4.98 Å². The molecule has 1 aromatic rings. The van der Waals surface area contributed by atoms with Gasteiger partial charge < -0.3 is 4.74 Å². The van der Waals surface area contributed by atoms with Crippen LogP contribution in [-0.2, 0) is 16.5 Å². The topological polar surface area (TPSA) is 25.4 Å². The normalized spacial score (nSPS) is 18.2. The molecule has 3 nitrogen and oxygen atoms in total. The first-order valence-electron chi connectivity index (χ1n) is 5.18. The predicted molar refractivity (Wildman–Crippen MR) is 65.7 cm³/mol.